The van der Waals surface area contributed by atoms with Crippen LogP contribution in [-0.2, 0) is 5.41 Å². The van der Waals surface area contributed by atoms with Gasteiger partial charge in [0.25, 0.3) is 0 Å². The van der Waals surface area contributed by atoms with Crippen molar-refractivity contribution < 1.29 is 5.11 Å². The molecule has 140 valence electrons. The number of benzene rings is 1. The highest BCUT2D eigenvalue weighted by atomic mass is 16.3. The third-order valence-electron chi connectivity index (χ3n) is 5.47. The first kappa shape index (κ1) is 16.8. The summed E-state index contributed by atoms with van der Waals surface area (Å²) in [6, 6.07) is 15.8. The number of nitrogens with zero attached hydrogens (tertiary/aromatic N) is 4. The van der Waals surface area contributed by atoms with Crippen LogP contribution >= 0.6 is 0 Å². The van der Waals surface area contributed by atoms with Gasteiger partial charge in [-0.1, -0.05) is 18.2 Å². The number of aromatic amines is 1. The maximum atomic E-state index is 9.87. The van der Waals surface area contributed by atoms with Crippen molar-refractivity contribution in [2.45, 2.75) is 24.4 Å². The fourth-order valence-corrected chi connectivity index (χ4v) is 3.90. The van der Waals surface area contributed by atoms with E-state index in [4.69, 9.17) is 0 Å². The lowest BCUT2D eigenvalue weighted by molar-refractivity contribution is 0.0221. The number of pyridine rings is 1. The molecule has 0 radical (unpaired) electrons. The fraction of sp³-hybridized carbons (Fsp3) is 0.238. The standard InChI is InChI=1S/C21H20N6O/c28-16-10-21(11-16,19-3-1-2-8-22-19)13-23-20-7-6-17(26-27-20)14-4-5-15-12-24-25-18(15)9-14/h1-9,12,16,28H,10-11,13H2,(H,23,27)(H,24,25). The molecule has 28 heavy (non-hydrogen) atoms. The molecule has 0 aliphatic heterocycles. The van der Waals surface area contributed by atoms with E-state index in [1.807, 2.05) is 48.5 Å². The molecule has 0 spiro atoms. The molecular weight excluding hydrogens is 352 g/mol. The van der Waals surface area contributed by atoms with Crippen LogP contribution in [0, 0.1) is 0 Å². The average Bonchev–Trinajstić information content (AvgIpc) is 3.19. The molecule has 7 heteroatoms. The number of aliphatic hydroxyl groups is 1. The molecular formula is C21H20N6O. The van der Waals surface area contributed by atoms with Gasteiger partial charge >= 0.3 is 0 Å². The summed E-state index contributed by atoms with van der Waals surface area (Å²) in [5.74, 6) is 0.711. The van der Waals surface area contributed by atoms with Gasteiger partial charge in [0, 0.05) is 34.8 Å². The van der Waals surface area contributed by atoms with E-state index in [2.05, 4.69) is 30.7 Å². The molecule has 3 N–H and O–H groups in total. The number of aromatic nitrogens is 5. The van der Waals surface area contributed by atoms with E-state index in [0.717, 1.165) is 27.9 Å². The molecule has 0 unspecified atom stereocenters. The highest BCUT2D eigenvalue weighted by Crippen LogP contribution is 2.43. The van der Waals surface area contributed by atoms with E-state index >= 15 is 0 Å². The summed E-state index contributed by atoms with van der Waals surface area (Å²) in [5, 5.41) is 30.0. The van der Waals surface area contributed by atoms with Crippen LogP contribution in [0.25, 0.3) is 22.2 Å². The summed E-state index contributed by atoms with van der Waals surface area (Å²) in [6.07, 6.45) is 4.73. The number of rotatable bonds is 5. The minimum atomic E-state index is -0.269. The number of fused-ring (bicyclic) bond motifs is 1. The second kappa shape index (κ2) is 6.69. The van der Waals surface area contributed by atoms with Crippen LogP contribution < -0.4 is 5.32 Å². The van der Waals surface area contributed by atoms with Crippen molar-refractivity contribution in [1.82, 2.24) is 25.4 Å². The van der Waals surface area contributed by atoms with Gasteiger partial charge in [-0.2, -0.15) is 5.10 Å². The zero-order valence-electron chi connectivity index (χ0n) is 15.2. The summed E-state index contributed by atoms with van der Waals surface area (Å²) in [6.45, 7) is 0.662. The summed E-state index contributed by atoms with van der Waals surface area (Å²) < 4.78 is 0. The normalized spacial score (nSPS) is 21.4. The number of nitrogens with one attached hydrogen (secondary N) is 2. The van der Waals surface area contributed by atoms with Gasteiger partial charge in [-0.05, 0) is 43.2 Å². The van der Waals surface area contributed by atoms with Crippen molar-refractivity contribution in [2.75, 3.05) is 11.9 Å². The van der Waals surface area contributed by atoms with Gasteiger partial charge < -0.3 is 10.4 Å². The third kappa shape index (κ3) is 2.99. The fourth-order valence-electron chi connectivity index (χ4n) is 3.90. The Morgan fingerprint density at radius 2 is 2.04 bits per heavy atom. The Labute approximate surface area is 161 Å². The van der Waals surface area contributed by atoms with Crippen LogP contribution in [0.5, 0.6) is 0 Å². The lowest BCUT2D eigenvalue weighted by Gasteiger charge is -2.45. The third-order valence-corrected chi connectivity index (χ3v) is 5.47. The minimum Gasteiger partial charge on any atom is -0.393 e. The molecule has 4 aromatic rings. The minimum absolute atomic E-state index is 0.160. The van der Waals surface area contributed by atoms with Crippen LogP contribution in [0.3, 0.4) is 0 Å². The summed E-state index contributed by atoms with van der Waals surface area (Å²) >= 11 is 0. The smallest absolute Gasteiger partial charge is 0.148 e. The van der Waals surface area contributed by atoms with E-state index in [0.29, 0.717) is 25.2 Å². The number of hydrogen-bond donors (Lipinski definition) is 3. The Morgan fingerprint density at radius 3 is 2.79 bits per heavy atom. The van der Waals surface area contributed by atoms with Crippen LogP contribution in [-0.4, -0.2) is 43.1 Å². The molecule has 3 aromatic heterocycles. The van der Waals surface area contributed by atoms with Crippen LogP contribution in [0.2, 0.25) is 0 Å². The number of anilines is 1. The first-order valence-corrected chi connectivity index (χ1v) is 9.33. The molecule has 1 aliphatic rings. The molecule has 0 amide bonds. The largest absolute Gasteiger partial charge is 0.393 e. The topological polar surface area (TPSA) is 99.6 Å². The second-order valence-electron chi connectivity index (χ2n) is 7.39. The van der Waals surface area contributed by atoms with Gasteiger partial charge in [0.05, 0.1) is 23.5 Å². The zero-order chi connectivity index (χ0) is 19.0. The molecule has 0 bridgehead atoms. The van der Waals surface area contributed by atoms with Gasteiger partial charge in [0.2, 0.25) is 0 Å². The maximum absolute atomic E-state index is 9.87. The van der Waals surface area contributed by atoms with Crippen LogP contribution in [0.1, 0.15) is 18.5 Å². The van der Waals surface area contributed by atoms with Crippen molar-refractivity contribution in [3.63, 3.8) is 0 Å². The molecule has 1 aromatic carbocycles. The van der Waals surface area contributed by atoms with Crippen molar-refractivity contribution in [2.24, 2.45) is 0 Å². The molecule has 7 nitrogen and oxygen atoms in total. The molecule has 3 heterocycles. The Balaban J connectivity index is 1.32. The number of hydrogen-bond acceptors (Lipinski definition) is 6. The zero-order valence-corrected chi connectivity index (χ0v) is 15.2. The van der Waals surface area contributed by atoms with Crippen LogP contribution in [0.4, 0.5) is 5.82 Å². The van der Waals surface area contributed by atoms with Crippen molar-refractivity contribution in [3.8, 4) is 11.3 Å². The number of H-pyrrole nitrogens is 1. The van der Waals surface area contributed by atoms with E-state index in [9.17, 15) is 5.11 Å². The lowest BCUT2D eigenvalue weighted by Crippen LogP contribution is -2.49. The Hall–Kier alpha value is -3.32. The van der Waals surface area contributed by atoms with Crippen molar-refractivity contribution in [3.05, 3.63) is 66.6 Å². The second-order valence-corrected chi connectivity index (χ2v) is 7.39. The highest BCUT2D eigenvalue weighted by Gasteiger charge is 2.45. The average molecular weight is 372 g/mol. The summed E-state index contributed by atoms with van der Waals surface area (Å²) in [5.41, 5.74) is 3.61. The summed E-state index contributed by atoms with van der Waals surface area (Å²) in [4.78, 5) is 4.50. The van der Waals surface area contributed by atoms with E-state index in [-0.39, 0.29) is 11.5 Å². The van der Waals surface area contributed by atoms with Gasteiger partial charge in [-0.15, -0.1) is 10.2 Å². The summed E-state index contributed by atoms with van der Waals surface area (Å²) in [7, 11) is 0. The van der Waals surface area contributed by atoms with E-state index in [1.54, 1.807) is 12.4 Å². The lowest BCUT2D eigenvalue weighted by atomic mass is 9.64. The van der Waals surface area contributed by atoms with Crippen molar-refractivity contribution >= 4 is 16.7 Å². The SMILES string of the molecule is OC1CC(CNc2ccc(-c3ccc4cn[nH]c4c3)nn2)(c2ccccn2)C1. The molecule has 1 fully saturated rings. The number of aliphatic hydroxyl groups excluding tert-OH is 1. The van der Waals surface area contributed by atoms with Gasteiger partial charge in [0.1, 0.15) is 5.82 Å². The monoisotopic (exact) mass is 372 g/mol. The van der Waals surface area contributed by atoms with E-state index in [1.165, 1.54) is 0 Å². The Bertz CT molecular complexity index is 1090. The predicted octanol–water partition coefficient (Wildman–Crippen LogP) is 2.92. The Morgan fingerprint density at radius 1 is 1.11 bits per heavy atom. The highest BCUT2D eigenvalue weighted by molar-refractivity contribution is 5.83. The van der Waals surface area contributed by atoms with Gasteiger partial charge in [0.15, 0.2) is 0 Å². The first-order valence-electron chi connectivity index (χ1n) is 9.33. The Kier molecular flexibility index (Phi) is 4.02. The van der Waals surface area contributed by atoms with Gasteiger partial charge in [-0.3, -0.25) is 10.1 Å². The van der Waals surface area contributed by atoms with E-state index < -0.39 is 0 Å². The van der Waals surface area contributed by atoms with Crippen LogP contribution in [0.15, 0.2) is 60.9 Å². The molecule has 0 atom stereocenters. The quantitative estimate of drug-likeness (QED) is 0.498. The molecule has 0 saturated heterocycles. The first-order chi connectivity index (χ1) is 13.7. The molecule has 1 aliphatic carbocycles. The van der Waals surface area contributed by atoms with Gasteiger partial charge in [-0.25, -0.2) is 0 Å². The van der Waals surface area contributed by atoms with Crippen molar-refractivity contribution in [1.29, 1.82) is 0 Å². The molecule has 1 saturated carbocycles. The molecule has 5 rings (SSSR count). The maximum Gasteiger partial charge on any atom is 0.148 e. The predicted molar refractivity (Wildman–Crippen MR) is 107 cm³/mol.